The van der Waals surface area contributed by atoms with Crippen molar-refractivity contribution in [1.29, 1.82) is 0 Å². The first-order valence-electron chi connectivity index (χ1n) is 20.4. The molecule has 0 saturated carbocycles. The van der Waals surface area contributed by atoms with Crippen molar-refractivity contribution in [3.8, 4) is 51.0 Å². The Bertz CT molecular complexity index is 3900. The summed E-state index contributed by atoms with van der Waals surface area (Å²) < 4.78 is 16.0. The number of hydrogen-bond acceptors (Lipinski definition) is 5. The molecule has 0 amide bonds. The summed E-state index contributed by atoms with van der Waals surface area (Å²) in [5.41, 5.74) is 11.1. The van der Waals surface area contributed by atoms with Gasteiger partial charge < -0.3 is 13.4 Å². The smallest absolute Gasteiger partial charge is 0.167 e. The lowest BCUT2D eigenvalue weighted by molar-refractivity contribution is 0.669. The van der Waals surface area contributed by atoms with Gasteiger partial charge >= 0.3 is 0 Å². The van der Waals surface area contributed by atoms with Gasteiger partial charge in [-0.2, -0.15) is 0 Å². The number of aromatic nitrogens is 4. The Balaban J connectivity index is 1.05. The molecule has 13 aromatic rings. The molecule has 0 aliphatic carbocycles. The highest BCUT2D eigenvalue weighted by atomic mass is 16.3. The molecule has 0 bridgehead atoms. The zero-order valence-corrected chi connectivity index (χ0v) is 32.6. The molecule has 4 heterocycles. The zero-order valence-electron chi connectivity index (χ0n) is 32.6. The first-order valence-corrected chi connectivity index (χ1v) is 20.4. The third kappa shape index (κ3) is 5.12. The van der Waals surface area contributed by atoms with Gasteiger partial charge in [0.25, 0.3) is 0 Å². The van der Waals surface area contributed by atoms with Crippen molar-refractivity contribution >= 4 is 76.5 Å². The second-order valence-corrected chi connectivity index (χ2v) is 15.5. The average Bonchev–Trinajstić information content (AvgIpc) is 4.01. The van der Waals surface area contributed by atoms with E-state index >= 15 is 0 Å². The predicted octanol–water partition coefficient (Wildman–Crippen LogP) is 14.6. The van der Waals surface area contributed by atoms with Gasteiger partial charge in [0, 0.05) is 49.1 Å². The third-order valence-corrected chi connectivity index (χ3v) is 12.1. The number of fused-ring (bicyclic) bond motifs is 10. The Kier molecular flexibility index (Phi) is 7.21. The molecule has 0 atom stereocenters. The molecule has 0 spiro atoms. The van der Waals surface area contributed by atoms with E-state index in [0.29, 0.717) is 23.1 Å². The molecule has 0 saturated heterocycles. The van der Waals surface area contributed by atoms with Crippen molar-refractivity contribution in [1.82, 2.24) is 19.5 Å². The van der Waals surface area contributed by atoms with Gasteiger partial charge in [0.05, 0.1) is 22.2 Å². The lowest BCUT2D eigenvalue weighted by Gasteiger charge is -2.10. The van der Waals surface area contributed by atoms with Crippen molar-refractivity contribution in [2.24, 2.45) is 0 Å². The summed E-state index contributed by atoms with van der Waals surface area (Å²) in [6.45, 7) is 0. The Hall–Kier alpha value is -8.35. The first kappa shape index (κ1) is 33.6. The van der Waals surface area contributed by atoms with Gasteiger partial charge in [-0.25, -0.2) is 15.0 Å². The van der Waals surface area contributed by atoms with Crippen molar-refractivity contribution in [3.05, 3.63) is 194 Å². The number of furan rings is 2. The predicted molar refractivity (Wildman–Crippen MR) is 248 cm³/mol. The van der Waals surface area contributed by atoms with Crippen LogP contribution in [0.15, 0.2) is 203 Å². The van der Waals surface area contributed by atoms with Gasteiger partial charge in [-0.1, -0.05) is 146 Å². The van der Waals surface area contributed by atoms with Gasteiger partial charge in [0.1, 0.15) is 22.3 Å². The SMILES string of the molecule is c1ccc(-n2c3ccccc3c3c(-c4cccc5c4oc4c(-c6nc(-c7ccc8ccccc8c7)nc(-c7cccc8c7oc7ccccc78)n6)cccc45)cccc32)cc1. The van der Waals surface area contributed by atoms with E-state index in [-0.39, 0.29) is 0 Å². The van der Waals surface area contributed by atoms with E-state index in [4.69, 9.17) is 23.8 Å². The van der Waals surface area contributed by atoms with Crippen LogP contribution in [0.3, 0.4) is 0 Å². The van der Waals surface area contributed by atoms with Crippen molar-refractivity contribution in [3.63, 3.8) is 0 Å². The minimum atomic E-state index is 0.514. The second kappa shape index (κ2) is 13.1. The van der Waals surface area contributed by atoms with Crippen molar-refractivity contribution in [2.45, 2.75) is 0 Å². The van der Waals surface area contributed by atoms with Crippen molar-refractivity contribution in [2.75, 3.05) is 0 Å². The number of para-hydroxylation sites is 6. The van der Waals surface area contributed by atoms with Crippen LogP contribution in [0.4, 0.5) is 0 Å². The maximum absolute atomic E-state index is 7.11. The summed E-state index contributed by atoms with van der Waals surface area (Å²) in [6.07, 6.45) is 0. The monoisotopic (exact) mass is 780 g/mol. The molecular formula is C55H32N4O2. The number of rotatable bonds is 5. The summed E-state index contributed by atoms with van der Waals surface area (Å²) in [4.78, 5) is 15.6. The van der Waals surface area contributed by atoms with E-state index in [1.807, 2.05) is 36.4 Å². The molecular weight excluding hydrogens is 749 g/mol. The topological polar surface area (TPSA) is 69.9 Å². The van der Waals surface area contributed by atoms with E-state index in [0.717, 1.165) is 93.6 Å². The fraction of sp³-hybridized carbons (Fsp3) is 0. The van der Waals surface area contributed by atoms with Gasteiger partial charge in [0.2, 0.25) is 0 Å². The van der Waals surface area contributed by atoms with E-state index in [1.165, 1.54) is 10.8 Å². The number of nitrogens with zero attached hydrogens (tertiary/aromatic N) is 4. The van der Waals surface area contributed by atoms with Crippen LogP contribution in [0.25, 0.3) is 127 Å². The zero-order chi connectivity index (χ0) is 40.0. The first-order chi connectivity index (χ1) is 30.2. The van der Waals surface area contributed by atoms with E-state index < -0.39 is 0 Å². The number of hydrogen-bond donors (Lipinski definition) is 0. The van der Waals surface area contributed by atoms with Gasteiger partial charge in [0.15, 0.2) is 17.5 Å². The average molecular weight is 781 g/mol. The summed E-state index contributed by atoms with van der Waals surface area (Å²) >= 11 is 0. The van der Waals surface area contributed by atoms with Gasteiger partial charge in [-0.15, -0.1) is 0 Å². The second-order valence-electron chi connectivity index (χ2n) is 15.5. The maximum atomic E-state index is 7.11. The Morgan fingerprint density at radius 3 is 1.67 bits per heavy atom. The standard InChI is InChI=1S/C55H32N4O2/c1-2-16-36(17-3-1)59-46-27-8-6-19-43(46)49-38(20-13-28-47(49)59)40-22-10-23-41-42-24-12-26-45(52(42)61-50(40)41)55-57-53(35-31-30-33-14-4-5-15-34(33)32-35)56-54(58-55)44-25-11-21-39-37-18-7-9-29-48(37)60-51(39)44/h1-32H. The van der Waals surface area contributed by atoms with E-state index in [1.54, 1.807) is 0 Å². The largest absolute Gasteiger partial charge is 0.455 e. The van der Waals surface area contributed by atoms with Crippen LogP contribution >= 0.6 is 0 Å². The van der Waals surface area contributed by atoms with Crippen molar-refractivity contribution < 1.29 is 8.83 Å². The Morgan fingerprint density at radius 2 is 0.885 bits per heavy atom. The molecule has 6 nitrogen and oxygen atoms in total. The molecule has 9 aromatic carbocycles. The summed E-state index contributed by atoms with van der Waals surface area (Å²) in [5.74, 6) is 1.60. The molecule has 0 fully saturated rings. The fourth-order valence-electron chi connectivity index (χ4n) is 9.30. The molecule has 61 heavy (non-hydrogen) atoms. The summed E-state index contributed by atoms with van der Waals surface area (Å²) in [7, 11) is 0. The van der Waals surface area contributed by atoms with Crippen LogP contribution in [0, 0.1) is 0 Å². The lowest BCUT2D eigenvalue weighted by atomic mass is 9.97. The minimum absolute atomic E-state index is 0.514. The highest BCUT2D eigenvalue weighted by Crippen LogP contribution is 2.44. The maximum Gasteiger partial charge on any atom is 0.167 e. The van der Waals surface area contributed by atoms with E-state index in [9.17, 15) is 0 Å². The van der Waals surface area contributed by atoms with Crippen LogP contribution in [-0.2, 0) is 0 Å². The molecule has 4 aromatic heterocycles. The van der Waals surface area contributed by atoms with Crippen LogP contribution in [0.2, 0.25) is 0 Å². The fourth-order valence-corrected chi connectivity index (χ4v) is 9.30. The Labute approximate surface area is 348 Å². The lowest BCUT2D eigenvalue weighted by Crippen LogP contribution is -2.00. The molecule has 0 aliphatic rings. The summed E-state index contributed by atoms with van der Waals surface area (Å²) in [6, 6.07) is 67.4. The van der Waals surface area contributed by atoms with Crippen LogP contribution < -0.4 is 0 Å². The Morgan fingerprint density at radius 1 is 0.344 bits per heavy atom. The van der Waals surface area contributed by atoms with Crippen LogP contribution in [0.1, 0.15) is 0 Å². The highest BCUT2D eigenvalue weighted by molar-refractivity contribution is 6.20. The molecule has 13 rings (SSSR count). The van der Waals surface area contributed by atoms with Gasteiger partial charge in [-0.05, 0) is 64.9 Å². The molecule has 284 valence electrons. The summed E-state index contributed by atoms with van der Waals surface area (Å²) in [5, 5.41) is 8.69. The quantitative estimate of drug-likeness (QED) is 0.174. The molecule has 0 unspecified atom stereocenters. The molecule has 0 N–H and O–H groups in total. The molecule has 0 aliphatic heterocycles. The molecule has 6 heteroatoms. The number of benzene rings is 9. The minimum Gasteiger partial charge on any atom is -0.455 e. The van der Waals surface area contributed by atoms with Crippen LogP contribution in [-0.4, -0.2) is 19.5 Å². The van der Waals surface area contributed by atoms with Gasteiger partial charge in [-0.3, -0.25) is 0 Å². The third-order valence-electron chi connectivity index (χ3n) is 12.1. The highest BCUT2D eigenvalue weighted by Gasteiger charge is 2.23. The van der Waals surface area contributed by atoms with E-state index in [2.05, 4.69) is 162 Å². The normalized spacial score (nSPS) is 11.9. The molecule has 0 radical (unpaired) electrons. The van der Waals surface area contributed by atoms with Crippen LogP contribution in [0.5, 0.6) is 0 Å².